The first-order valence-corrected chi connectivity index (χ1v) is 7.27. The summed E-state index contributed by atoms with van der Waals surface area (Å²) in [7, 11) is -3.34. The van der Waals surface area contributed by atoms with Crippen molar-refractivity contribution in [2.24, 2.45) is 5.73 Å². The van der Waals surface area contributed by atoms with Crippen molar-refractivity contribution in [2.45, 2.75) is 30.7 Å². The van der Waals surface area contributed by atoms with Crippen LogP contribution in [-0.4, -0.2) is 31.9 Å². The summed E-state index contributed by atoms with van der Waals surface area (Å²) in [5.41, 5.74) is 6.58. The fourth-order valence-corrected chi connectivity index (χ4v) is 3.80. The second-order valence-electron chi connectivity index (χ2n) is 4.51. The number of aryl methyl sites for hydroxylation is 1. The number of rotatable bonds is 2. The van der Waals surface area contributed by atoms with Crippen molar-refractivity contribution in [1.82, 2.24) is 4.31 Å². The van der Waals surface area contributed by atoms with Crippen LogP contribution in [0.25, 0.3) is 0 Å². The van der Waals surface area contributed by atoms with Crippen LogP contribution in [0, 0.1) is 6.92 Å². The molecule has 2 rings (SSSR count). The number of hydrogen-bond donors (Lipinski definition) is 1. The molecule has 1 aromatic carbocycles. The van der Waals surface area contributed by atoms with Gasteiger partial charge in [0.05, 0.1) is 4.90 Å². The molecule has 0 unspecified atom stereocenters. The standard InChI is InChI=1S/C12H18N2O2S.ClH/c1-10-4-2-3-5-12(10)17(15,16)14-8-6-11(13)7-9-14;/h2-5,11H,6-9,13H2,1H3;1H. The normalized spacial score (nSPS) is 18.3. The van der Waals surface area contributed by atoms with Gasteiger partial charge in [-0.3, -0.25) is 0 Å². The molecule has 4 nitrogen and oxygen atoms in total. The highest BCUT2D eigenvalue weighted by molar-refractivity contribution is 7.89. The molecule has 0 aliphatic carbocycles. The lowest BCUT2D eigenvalue weighted by Gasteiger charge is -2.29. The van der Waals surface area contributed by atoms with Crippen LogP contribution < -0.4 is 5.73 Å². The Labute approximate surface area is 115 Å². The molecule has 0 atom stereocenters. The minimum Gasteiger partial charge on any atom is -0.328 e. The maximum atomic E-state index is 12.4. The van der Waals surface area contributed by atoms with Crippen LogP contribution in [0.4, 0.5) is 0 Å². The number of benzene rings is 1. The molecule has 1 fully saturated rings. The van der Waals surface area contributed by atoms with E-state index in [0.717, 1.165) is 18.4 Å². The number of nitrogens with two attached hydrogens (primary N) is 1. The summed E-state index contributed by atoms with van der Waals surface area (Å²) in [6.45, 7) is 2.87. The monoisotopic (exact) mass is 290 g/mol. The third-order valence-electron chi connectivity index (χ3n) is 3.21. The van der Waals surface area contributed by atoms with Crippen molar-refractivity contribution in [3.8, 4) is 0 Å². The highest BCUT2D eigenvalue weighted by Crippen LogP contribution is 2.22. The maximum absolute atomic E-state index is 12.4. The average Bonchev–Trinajstić information content (AvgIpc) is 2.30. The van der Waals surface area contributed by atoms with E-state index in [1.165, 1.54) is 0 Å². The van der Waals surface area contributed by atoms with Crippen molar-refractivity contribution >= 4 is 22.4 Å². The summed E-state index contributed by atoms with van der Waals surface area (Å²) >= 11 is 0. The molecule has 1 heterocycles. The van der Waals surface area contributed by atoms with Gasteiger partial charge in [0.15, 0.2) is 0 Å². The first-order valence-electron chi connectivity index (χ1n) is 5.83. The molecule has 2 N–H and O–H groups in total. The summed E-state index contributed by atoms with van der Waals surface area (Å²) in [5, 5.41) is 0. The minimum atomic E-state index is -3.34. The predicted octanol–water partition coefficient (Wildman–Crippen LogP) is 1.53. The van der Waals surface area contributed by atoms with Gasteiger partial charge in [0, 0.05) is 19.1 Å². The Morgan fingerprint density at radius 2 is 1.78 bits per heavy atom. The highest BCUT2D eigenvalue weighted by atomic mass is 35.5. The number of piperidine rings is 1. The smallest absolute Gasteiger partial charge is 0.243 e. The van der Waals surface area contributed by atoms with Gasteiger partial charge in [-0.2, -0.15) is 4.31 Å². The summed E-state index contributed by atoms with van der Waals surface area (Å²) in [5.74, 6) is 0. The fourth-order valence-electron chi connectivity index (χ4n) is 2.10. The largest absolute Gasteiger partial charge is 0.328 e. The van der Waals surface area contributed by atoms with E-state index < -0.39 is 10.0 Å². The van der Waals surface area contributed by atoms with Crippen LogP contribution in [0.1, 0.15) is 18.4 Å². The zero-order valence-corrected chi connectivity index (χ0v) is 12.0. The van der Waals surface area contributed by atoms with E-state index in [4.69, 9.17) is 5.73 Å². The Kier molecular flexibility index (Phi) is 5.16. The number of sulfonamides is 1. The number of hydrogen-bond acceptors (Lipinski definition) is 3. The first kappa shape index (κ1) is 15.4. The van der Waals surface area contributed by atoms with Gasteiger partial charge in [-0.15, -0.1) is 12.4 Å². The van der Waals surface area contributed by atoms with E-state index in [1.807, 2.05) is 19.1 Å². The van der Waals surface area contributed by atoms with Crippen molar-refractivity contribution in [2.75, 3.05) is 13.1 Å². The molecule has 0 spiro atoms. The first-order chi connectivity index (χ1) is 8.01. The fraction of sp³-hybridized carbons (Fsp3) is 0.500. The topological polar surface area (TPSA) is 63.4 Å². The van der Waals surface area contributed by atoms with Crippen LogP contribution >= 0.6 is 12.4 Å². The summed E-state index contributed by atoms with van der Waals surface area (Å²) < 4.78 is 26.3. The van der Waals surface area contributed by atoms with E-state index in [2.05, 4.69) is 0 Å². The summed E-state index contributed by atoms with van der Waals surface area (Å²) in [6, 6.07) is 7.23. The lowest BCUT2D eigenvalue weighted by molar-refractivity contribution is 0.320. The quantitative estimate of drug-likeness (QED) is 0.898. The molecule has 102 valence electrons. The molecular formula is C12H19ClN2O2S. The predicted molar refractivity (Wildman–Crippen MR) is 74.4 cm³/mol. The minimum absolute atomic E-state index is 0. The van der Waals surface area contributed by atoms with Gasteiger partial charge in [-0.05, 0) is 31.4 Å². The Balaban J connectivity index is 0.00000162. The molecular weight excluding hydrogens is 272 g/mol. The van der Waals surface area contributed by atoms with Crippen LogP contribution in [0.5, 0.6) is 0 Å². The van der Waals surface area contributed by atoms with Gasteiger partial charge in [0.2, 0.25) is 10.0 Å². The molecule has 18 heavy (non-hydrogen) atoms. The molecule has 1 aromatic rings. The van der Waals surface area contributed by atoms with E-state index >= 15 is 0 Å². The highest BCUT2D eigenvalue weighted by Gasteiger charge is 2.28. The molecule has 1 aliphatic heterocycles. The maximum Gasteiger partial charge on any atom is 0.243 e. The third kappa shape index (κ3) is 3.03. The van der Waals surface area contributed by atoms with E-state index in [0.29, 0.717) is 18.0 Å². The average molecular weight is 291 g/mol. The second kappa shape index (κ2) is 6.02. The third-order valence-corrected chi connectivity index (χ3v) is 5.27. The van der Waals surface area contributed by atoms with Gasteiger partial charge >= 0.3 is 0 Å². The Morgan fingerprint density at radius 1 is 1.22 bits per heavy atom. The van der Waals surface area contributed by atoms with Crippen molar-refractivity contribution in [1.29, 1.82) is 0 Å². The summed E-state index contributed by atoms with van der Waals surface area (Å²) in [6.07, 6.45) is 1.48. The Morgan fingerprint density at radius 3 is 2.33 bits per heavy atom. The Hall–Kier alpha value is -0.620. The zero-order chi connectivity index (χ0) is 12.5. The SMILES string of the molecule is Cc1ccccc1S(=O)(=O)N1CCC(N)CC1.Cl. The van der Waals surface area contributed by atoms with Gasteiger partial charge in [-0.25, -0.2) is 8.42 Å². The molecule has 0 aromatic heterocycles. The number of nitrogens with zero attached hydrogens (tertiary/aromatic N) is 1. The molecule has 1 aliphatic rings. The molecule has 0 amide bonds. The van der Waals surface area contributed by atoms with Gasteiger partial charge in [0.25, 0.3) is 0 Å². The Bertz CT molecular complexity index is 497. The summed E-state index contributed by atoms with van der Waals surface area (Å²) in [4.78, 5) is 0.412. The lowest BCUT2D eigenvalue weighted by atomic mass is 10.1. The molecule has 1 saturated heterocycles. The van der Waals surface area contributed by atoms with Crippen molar-refractivity contribution in [3.63, 3.8) is 0 Å². The van der Waals surface area contributed by atoms with E-state index in [9.17, 15) is 8.42 Å². The van der Waals surface area contributed by atoms with Crippen LogP contribution in [-0.2, 0) is 10.0 Å². The van der Waals surface area contributed by atoms with E-state index in [-0.39, 0.29) is 18.4 Å². The van der Waals surface area contributed by atoms with Gasteiger partial charge < -0.3 is 5.73 Å². The van der Waals surface area contributed by atoms with Gasteiger partial charge in [0.1, 0.15) is 0 Å². The molecule has 0 radical (unpaired) electrons. The van der Waals surface area contributed by atoms with Crippen molar-refractivity contribution in [3.05, 3.63) is 29.8 Å². The number of halogens is 1. The zero-order valence-electron chi connectivity index (χ0n) is 10.4. The molecule has 0 bridgehead atoms. The van der Waals surface area contributed by atoms with Gasteiger partial charge in [-0.1, -0.05) is 18.2 Å². The lowest BCUT2D eigenvalue weighted by Crippen LogP contribution is -2.42. The molecule has 6 heteroatoms. The van der Waals surface area contributed by atoms with Crippen LogP contribution in [0.15, 0.2) is 29.2 Å². The van der Waals surface area contributed by atoms with Crippen molar-refractivity contribution < 1.29 is 8.42 Å². The van der Waals surface area contributed by atoms with Crippen LogP contribution in [0.2, 0.25) is 0 Å². The second-order valence-corrected chi connectivity index (χ2v) is 6.41. The van der Waals surface area contributed by atoms with E-state index in [1.54, 1.807) is 16.4 Å². The van der Waals surface area contributed by atoms with Crippen LogP contribution in [0.3, 0.4) is 0 Å². The molecule has 0 saturated carbocycles.